The van der Waals surface area contributed by atoms with Crippen molar-refractivity contribution in [2.45, 2.75) is 12.5 Å². The minimum atomic E-state index is -0.751. The Hall–Kier alpha value is -1.91. The van der Waals surface area contributed by atoms with Gasteiger partial charge in [0.2, 0.25) is 0 Å². The Kier molecular flexibility index (Phi) is 4.63. The summed E-state index contributed by atoms with van der Waals surface area (Å²) in [5, 5.41) is 17.8. The molecule has 1 saturated heterocycles. The third-order valence-electron chi connectivity index (χ3n) is 2.63. The van der Waals surface area contributed by atoms with Crippen molar-refractivity contribution in [1.82, 2.24) is 0 Å². The van der Waals surface area contributed by atoms with Gasteiger partial charge in [-0.05, 0) is 6.42 Å². The van der Waals surface area contributed by atoms with Gasteiger partial charge in [0, 0.05) is 6.61 Å². The SMILES string of the molecule is N#C[C@H]1CCOCC1[NH2+]/C=C(\C(=N)N)C(N)=O. The summed E-state index contributed by atoms with van der Waals surface area (Å²) in [6.07, 6.45) is 2.06. The second kappa shape index (κ2) is 5.98. The number of nitrogens with zero attached hydrogens (tertiary/aromatic N) is 1. The van der Waals surface area contributed by atoms with E-state index in [1.807, 2.05) is 0 Å². The van der Waals surface area contributed by atoms with Crippen molar-refractivity contribution in [1.29, 1.82) is 10.7 Å². The summed E-state index contributed by atoms with van der Waals surface area (Å²) in [5.74, 6) is -1.26. The van der Waals surface area contributed by atoms with Gasteiger partial charge in [-0.3, -0.25) is 10.2 Å². The van der Waals surface area contributed by atoms with Crippen LogP contribution in [0.15, 0.2) is 11.8 Å². The van der Waals surface area contributed by atoms with Gasteiger partial charge in [0.25, 0.3) is 5.91 Å². The molecule has 17 heavy (non-hydrogen) atoms. The van der Waals surface area contributed by atoms with Crippen molar-refractivity contribution < 1.29 is 14.8 Å². The molecule has 0 aromatic rings. The largest absolute Gasteiger partial charge is 0.383 e. The van der Waals surface area contributed by atoms with Crippen molar-refractivity contribution in [3.63, 3.8) is 0 Å². The normalized spacial score (nSPS) is 25.0. The van der Waals surface area contributed by atoms with E-state index in [1.165, 1.54) is 6.20 Å². The van der Waals surface area contributed by atoms with Gasteiger partial charge >= 0.3 is 0 Å². The highest BCUT2D eigenvalue weighted by Crippen LogP contribution is 2.11. The number of carbonyl (C=O) groups is 1. The van der Waals surface area contributed by atoms with Crippen LogP contribution >= 0.6 is 0 Å². The predicted molar refractivity (Wildman–Crippen MR) is 59.4 cm³/mol. The Bertz CT molecular complexity index is 369. The Morgan fingerprint density at radius 1 is 1.59 bits per heavy atom. The summed E-state index contributed by atoms with van der Waals surface area (Å²) >= 11 is 0. The molecule has 0 radical (unpaired) electrons. The first kappa shape index (κ1) is 13.2. The molecular formula is C10H16N5O2+. The smallest absolute Gasteiger partial charge is 0.257 e. The van der Waals surface area contributed by atoms with Crippen LogP contribution in [0.4, 0.5) is 0 Å². The number of hydrogen-bond donors (Lipinski definition) is 4. The molecule has 1 aliphatic rings. The molecule has 7 N–H and O–H groups in total. The van der Waals surface area contributed by atoms with Crippen LogP contribution in [0.3, 0.4) is 0 Å². The molecule has 1 heterocycles. The number of amidine groups is 1. The standard InChI is InChI=1S/C10H15N5O2/c11-3-6-1-2-17-5-8(6)15-4-7(9(12)13)10(14)16/h4,6,8,15H,1-2,5H2,(H3,12,13)(H2,14,16)/p+1/b7-4+/t6-,8?/m1/s1. The van der Waals surface area contributed by atoms with Crippen LogP contribution in [0.1, 0.15) is 6.42 Å². The van der Waals surface area contributed by atoms with E-state index in [2.05, 4.69) is 6.07 Å². The third kappa shape index (κ3) is 3.55. The van der Waals surface area contributed by atoms with E-state index >= 15 is 0 Å². The zero-order valence-electron chi connectivity index (χ0n) is 9.35. The van der Waals surface area contributed by atoms with E-state index in [9.17, 15) is 4.79 Å². The molecule has 2 atom stereocenters. The molecule has 1 rings (SSSR count). The summed E-state index contributed by atoms with van der Waals surface area (Å²) in [4.78, 5) is 11.0. The van der Waals surface area contributed by atoms with Crippen molar-refractivity contribution in [2.24, 2.45) is 17.4 Å². The zero-order valence-corrected chi connectivity index (χ0v) is 9.35. The van der Waals surface area contributed by atoms with E-state index < -0.39 is 5.91 Å². The summed E-state index contributed by atoms with van der Waals surface area (Å²) in [6, 6.07) is 2.10. The number of ether oxygens (including phenoxy) is 1. The summed E-state index contributed by atoms with van der Waals surface area (Å²) in [5.41, 5.74) is 10.2. The second-order valence-corrected chi connectivity index (χ2v) is 3.81. The van der Waals surface area contributed by atoms with Gasteiger partial charge in [-0.2, -0.15) is 5.26 Å². The Labute approximate surface area is 98.9 Å². The van der Waals surface area contributed by atoms with Gasteiger partial charge in [-0.25, -0.2) is 0 Å². The lowest BCUT2D eigenvalue weighted by molar-refractivity contribution is -0.638. The van der Waals surface area contributed by atoms with Gasteiger partial charge in [0.1, 0.15) is 36.2 Å². The van der Waals surface area contributed by atoms with Gasteiger partial charge in [0.15, 0.2) is 0 Å². The monoisotopic (exact) mass is 238 g/mol. The van der Waals surface area contributed by atoms with Crippen LogP contribution in [-0.2, 0) is 9.53 Å². The van der Waals surface area contributed by atoms with Gasteiger partial charge < -0.3 is 21.5 Å². The highest BCUT2D eigenvalue weighted by molar-refractivity contribution is 6.18. The molecule has 1 fully saturated rings. The minimum absolute atomic E-state index is 0.0488. The van der Waals surface area contributed by atoms with Gasteiger partial charge in [-0.1, -0.05) is 0 Å². The molecule has 0 aromatic heterocycles. The van der Waals surface area contributed by atoms with Crippen molar-refractivity contribution in [3.05, 3.63) is 11.8 Å². The Morgan fingerprint density at radius 2 is 2.29 bits per heavy atom. The number of hydrogen-bond acceptors (Lipinski definition) is 4. The lowest BCUT2D eigenvalue weighted by Gasteiger charge is -2.23. The Morgan fingerprint density at radius 3 is 2.82 bits per heavy atom. The third-order valence-corrected chi connectivity index (χ3v) is 2.63. The molecular weight excluding hydrogens is 222 g/mol. The van der Waals surface area contributed by atoms with E-state index in [0.717, 1.165) is 0 Å². The highest BCUT2D eigenvalue weighted by Gasteiger charge is 2.28. The fourth-order valence-electron chi connectivity index (χ4n) is 1.63. The first-order valence-corrected chi connectivity index (χ1v) is 5.23. The Balaban J connectivity index is 2.70. The van der Waals surface area contributed by atoms with Crippen LogP contribution < -0.4 is 16.8 Å². The van der Waals surface area contributed by atoms with Crippen LogP contribution in [0.5, 0.6) is 0 Å². The fraction of sp³-hybridized carbons (Fsp3) is 0.500. The first-order chi connectivity index (χ1) is 8.06. The van der Waals surface area contributed by atoms with E-state index in [4.69, 9.17) is 26.9 Å². The van der Waals surface area contributed by atoms with Crippen LogP contribution in [0.2, 0.25) is 0 Å². The summed E-state index contributed by atoms with van der Waals surface area (Å²) in [6.45, 7) is 1.00. The van der Waals surface area contributed by atoms with Crippen LogP contribution in [0.25, 0.3) is 0 Å². The molecule has 1 aliphatic heterocycles. The number of quaternary nitrogens is 1. The predicted octanol–water partition coefficient (Wildman–Crippen LogP) is -2.22. The number of amides is 1. The molecule has 92 valence electrons. The van der Waals surface area contributed by atoms with Crippen molar-refractivity contribution in [3.8, 4) is 6.07 Å². The maximum absolute atomic E-state index is 11.0. The number of nitrogens with two attached hydrogens (primary N) is 3. The van der Waals surface area contributed by atoms with E-state index in [1.54, 1.807) is 5.32 Å². The summed E-state index contributed by atoms with van der Waals surface area (Å²) in [7, 11) is 0. The van der Waals surface area contributed by atoms with Crippen molar-refractivity contribution in [2.75, 3.05) is 13.2 Å². The van der Waals surface area contributed by atoms with Gasteiger partial charge in [-0.15, -0.1) is 0 Å². The van der Waals surface area contributed by atoms with Gasteiger partial charge in [0.05, 0.1) is 6.07 Å². The molecule has 0 aromatic carbocycles. The minimum Gasteiger partial charge on any atom is -0.383 e. The number of nitrogens with one attached hydrogen (secondary N) is 1. The fourth-order valence-corrected chi connectivity index (χ4v) is 1.63. The van der Waals surface area contributed by atoms with Crippen LogP contribution in [-0.4, -0.2) is 31.0 Å². The number of carbonyl (C=O) groups excluding carboxylic acids is 1. The molecule has 7 nitrogen and oxygen atoms in total. The number of rotatable bonds is 4. The highest BCUT2D eigenvalue weighted by atomic mass is 16.5. The van der Waals surface area contributed by atoms with E-state index in [-0.39, 0.29) is 23.4 Å². The number of primary amides is 1. The first-order valence-electron chi connectivity index (χ1n) is 5.23. The zero-order chi connectivity index (χ0) is 12.8. The molecule has 0 saturated carbocycles. The second-order valence-electron chi connectivity index (χ2n) is 3.81. The molecule has 0 bridgehead atoms. The maximum atomic E-state index is 11.0. The molecule has 0 spiro atoms. The molecule has 7 heteroatoms. The van der Waals surface area contributed by atoms with E-state index in [0.29, 0.717) is 19.6 Å². The average Bonchev–Trinajstić information content (AvgIpc) is 2.29. The topological polar surface area (TPSA) is 143 Å². The molecule has 1 amide bonds. The number of nitriles is 1. The van der Waals surface area contributed by atoms with Crippen molar-refractivity contribution >= 4 is 11.7 Å². The maximum Gasteiger partial charge on any atom is 0.257 e. The summed E-state index contributed by atoms with van der Waals surface area (Å²) < 4.78 is 5.25. The lowest BCUT2D eigenvalue weighted by atomic mass is 9.96. The quantitative estimate of drug-likeness (QED) is 0.250. The average molecular weight is 238 g/mol. The lowest BCUT2D eigenvalue weighted by Crippen LogP contribution is -2.88. The molecule has 1 unspecified atom stereocenters. The van der Waals surface area contributed by atoms with Crippen LogP contribution in [0, 0.1) is 22.7 Å². The molecule has 0 aliphatic carbocycles.